The molecule has 2 atom stereocenters. The summed E-state index contributed by atoms with van der Waals surface area (Å²) in [5.41, 5.74) is 6.13. The molecule has 0 amide bonds. The maximum atomic E-state index is 10.9. The smallest absolute Gasteiger partial charge is 0.153 e. The highest BCUT2D eigenvalue weighted by Gasteiger charge is 2.11. The standard InChI is InChI=1S/C20H25BrO3S/c1-14(13-25(22)23)12-24-19-9-15(2)20(16(3)10-19)18-6-4-5-17(11-18)7-8-21/h4-6,9-11,14H,7-8,12-13H2,1-3H3,(H,22,23). The molecule has 0 fully saturated rings. The molecule has 0 aliphatic heterocycles. The van der Waals surface area contributed by atoms with Gasteiger partial charge in [0.15, 0.2) is 11.1 Å². The summed E-state index contributed by atoms with van der Waals surface area (Å²) in [6, 6.07) is 12.7. The zero-order valence-corrected chi connectivity index (χ0v) is 17.3. The van der Waals surface area contributed by atoms with Gasteiger partial charge in [0.2, 0.25) is 0 Å². The molecule has 1 N–H and O–H groups in total. The predicted molar refractivity (Wildman–Crippen MR) is 109 cm³/mol. The summed E-state index contributed by atoms with van der Waals surface area (Å²) < 4.78 is 25.6. The largest absolute Gasteiger partial charge is 0.493 e. The molecule has 0 aliphatic rings. The van der Waals surface area contributed by atoms with Crippen LogP contribution < -0.4 is 4.74 Å². The molecule has 25 heavy (non-hydrogen) atoms. The lowest BCUT2D eigenvalue weighted by Gasteiger charge is -2.16. The molecule has 0 saturated carbocycles. The first kappa shape index (κ1) is 20.1. The Morgan fingerprint density at radius 1 is 1.20 bits per heavy atom. The number of aryl methyl sites for hydroxylation is 3. The maximum Gasteiger partial charge on any atom is 0.153 e. The van der Waals surface area contributed by atoms with E-state index in [1.807, 2.05) is 19.1 Å². The number of rotatable bonds is 8. The average Bonchev–Trinajstić information content (AvgIpc) is 2.52. The highest BCUT2D eigenvalue weighted by Crippen LogP contribution is 2.31. The van der Waals surface area contributed by atoms with Crippen molar-refractivity contribution in [1.82, 2.24) is 0 Å². The summed E-state index contributed by atoms with van der Waals surface area (Å²) >= 11 is 1.72. The SMILES string of the molecule is Cc1cc(OCC(C)CS(=O)O)cc(C)c1-c1cccc(CCBr)c1. The fourth-order valence-corrected chi connectivity index (χ4v) is 4.02. The van der Waals surface area contributed by atoms with E-state index < -0.39 is 11.1 Å². The number of alkyl halides is 1. The quantitative estimate of drug-likeness (QED) is 0.470. The molecule has 2 unspecified atom stereocenters. The van der Waals surface area contributed by atoms with Crippen LogP contribution in [0.15, 0.2) is 36.4 Å². The van der Waals surface area contributed by atoms with Gasteiger partial charge in [0, 0.05) is 11.2 Å². The maximum absolute atomic E-state index is 10.9. The zero-order valence-electron chi connectivity index (χ0n) is 14.9. The topological polar surface area (TPSA) is 46.5 Å². The van der Waals surface area contributed by atoms with Gasteiger partial charge in [0.25, 0.3) is 0 Å². The van der Waals surface area contributed by atoms with Crippen LogP contribution in [0.3, 0.4) is 0 Å². The van der Waals surface area contributed by atoms with Crippen molar-refractivity contribution in [1.29, 1.82) is 0 Å². The van der Waals surface area contributed by atoms with E-state index in [4.69, 9.17) is 9.29 Å². The summed E-state index contributed by atoms with van der Waals surface area (Å²) in [7, 11) is 0. The van der Waals surface area contributed by atoms with Gasteiger partial charge in [0.05, 0.1) is 12.4 Å². The van der Waals surface area contributed by atoms with Gasteiger partial charge >= 0.3 is 0 Å². The molecule has 0 aromatic heterocycles. The molecular formula is C20H25BrO3S. The predicted octanol–water partition coefficient (Wildman–Crippen LogP) is 5.14. The number of halogens is 1. The summed E-state index contributed by atoms with van der Waals surface area (Å²) in [5, 5.41) is 0.956. The molecule has 0 heterocycles. The van der Waals surface area contributed by atoms with Crippen molar-refractivity contribution in [2.24, 2.45) is 5.92 Å². The van der Waals surface area contributed by atoms with Crippen LogP contribution in [0, 0.1) is 19.8 Å². The molecule has 136 valence electrons. The molecule has 0 saturated heterocycles. The van der Waals surface area contributed by atoms with E-state index in [1.165, 1.54) is 27.8 Å². The zero-order chi connectivity index (χ0) is 18.4. The van der Waals surface area contributed by atoms with E-state index in [9.17, 15) is 4.21 Å². The highest BCUT2D eigenvalue weighted by molar-refractivity contribution is 9.09. The summed E-state index contributed by atoms with van der Waals surface area (Å²) in [6.45, 7) is 6.54. The first-order valence-electron chi connectivity index (χ1n) is 8.37. The number of benzene rings is 2. The van der Waals surface area contributed by atoms with E-state index >= 15 is 0 Å². The van der Waals surface area contributed by atoms with Gasteiger partial charge in [-0.25, -0.2) is 4.21 Å². The Kier molecular flexibility index (Phi) is 7.66. The Labute approximate surface area is 161 Å². The lowest BCUT2D eigenvalue weighted by Crippen LogP contribution is -2.15. The average molecular weight is 425 g/mol. The van der Waals surface area contributed by atoms with Crippen molar-refractivity contribution in [3.63, 3.8) is 0 Å². The van der Waals surface area contributed by atoms with Crippen molar-refractivity contribution in [3.05, 3.63) is 53.1 Å². The summed E-state index contributed by atoms with van der Waals surface area (Å²) in [6.07, 6.45) is 1.01. The van der Waals surface area contributed by atoms with Crippen molar-refractivity contribution in [3.8, 4) is 16.9 Å². The van der Waals surface area contributed by atoms with Gasteiger partial charge in [-0.2, -0.15) is 0 Å². The van der Waals surface area contributed by atoms with E-state index in [1.54, 1.807) is 0 Å². The van der Waals surface area contributed by atoms with E-state index in [-0.39, 0.29) is 11.7 Å². The molecule has 2 aromatic rings. The Balaban J connectivity index is 2.20. The molecule has 3 nitrogen and oxygen atoms in total. The van der Waals surface area contributed by atoms with Gasteiger partial charge in [-0.1, -0.05) is 47.1 Å². The van der Waals surface area contributed by atoms with Crippen LogP contribution in [0.4, 0.5) is 0 Å². The van der Waals surface area contributed by atoms with Crippen LogP contribution in [0.1, 0.15) is 23.6 Å². The van der Waals surface area contributed by atoms with Crippen LogP contribution >= 0.6 is 15.9 Å². The Morgan fingerprint density at radius 3 is 2.48 bits per heavy atom. The second-order valence-electron chi connectivity index (χ2n) is 6.48. The minimum atomic E-state index is -1.78. The Morgan fingerprint density at radius 2 is 1.88 bits per heavy atom. The lowest BCUT2D eigenvalue weighted by molar-refractivity contribution is 0.271. The number of hydrogen-bond donors (Lipinski definition) is 1. The summed E-state index contributed by atoms with van der Waals surface area (Å²) in [5.74, 6) is 1.08. The fourth-order valence-electron chi connectivity index (χ4n) is 2.98. The van der Waals surface area contributed by atoms with Crippen molar-refractivity contribution < 1.29 is 13.5 Å². The van der Waals surface area contributed by atoms with Crippen molar-refractivity contribution in [2.75, 3.05) is 17.7 Å². The lowest BCUT2D eigenvalue weighted by atomic mass is 9.94. The molecule has 2 aromatic carbocycles. The second kappa shape index (κ2) is 9.51. The van der Waals surface area contributed by atoms with Crippen molar-refractivity contribution >= 4 is 27.0 Å². The first-order chi connectivity index (χ1) is 11.9. The Bertz CT molecular complexity index is 722. The Hall–Kier alpha value is -1.17. The van der Waals surface area contributed by atoms with E-state index in [2.05, 4.69) is 54.0 Å². The highest BCUT2D eigenvalue weighted by atomic mass is 79.9. The minimum absolute atomic E-state index is 0.0343. The molecule has 0 aliphatic carbocycles. The number of ether oxygens (including phenoxy) is 1. The van der Waals surface area contributed by atoms with Gasteiger partial charge in [-0.3, -0.25) is 0 Å². The molecular weight excluding hydrogens is 400 g/mol. The van der Waals surface area contributed by atoms with Crippen LogP contribution in [-0.4, -0.2) is 26.5 Å². The third-order valence-corrected chi connectivity index (χ3v) is 5.32. The number of hydrogen-bond acceptors (Lipinski definition) is 2. The van der Waals surface area contributed by atoms with Gasteiger partial charge in [0.1, 0.15) is 5.75 Å². The van der Waals surface area contributed by atoms with E-state index in [0.717, 1.165) is 17.5 Å². The minimum Gasteiger partial charge on any atom is -0.493 e. The fraction of sp³-hybridized carbons (Fsp3) is 0.400. The van der Waals surface area contributed by atoms with Gasteiger partial charge in [-0.05, 0) is 60.2 Å². The molecule has 5 heteroatoms. The third kappa shape index (κ3) is 5.94. The van der Waals surface area contributed by atoms with Crippen LogP contribution in [-0.2, 0) is 17.5 Å². The molecule has 0 radical (unpaired) electrons. The first-order valence-corrected chi connectivity index (χ1v) is 10.8. The second-order valence-corrected chi connectivity index (χ2v) is 8.25. The normalized spacial score (nSPS) is 13.5. The summed E-state index contributed by atoms with van der Waals surface area (Å²) in [4.78, 5) is 0. The van der Waals surface area contributed by atoms with Crippen LogP contribution in [0.25, 0.3) is 11.1 Å². The molecule has 2 rings (SSSR count). The van der Waals surface area contributed by atoms with Gasteiger partial charge in [-0.15, -0.1) is 0 Å². The van der Waals surface area contributed by atoms with Gasteiger partial charge < -0.3 is 9.29 Å². The van der Waals surface area contributed by atoms with E-state index in [0.29, 0.717) is 6.61 Å². The molecule has 0 bridgehead atoms. The van der Waals surface area contributed by atoms with Crippen molar-refractivity contribution in [2.45, 2.75) is 27.2 Å². The molecule has 0 spiro atoms. The van der Waals surface area contributed by atoms with Crippen LogP contribution in [0.5, 0.6) is 5.75 Å². The third-order valence-electron chi connectivity index (χ3n) is 4.07. The monoisotopic (exact) mass is 424 g/mol. The van der Waals surface area contributed by atoms with Crippen LogP contribution in [0.2, 0.25) is 0 Å².